The fourth-order valence-corrected chi connectivity index (χ4v) is 2.14. The Morgan fingerprint density at radius 3 is 2.29 bits per heavy atom. The fraction of sp³-hybridized carbons (Fsp3) is 0. The number of benzene rings is 2. The number of rotatable bonds is 3. The fourth-order valence-electron chi connectivity index (χ4n) is 2.14. The number of carbonyl (C=O) groups is 2. The Labute approximate surface area is 118 Å². The van der Waals surface area contributed by atoms with E-state index in [0.29, 0.717) is 5.69 Å². The SMILES string of the molecule is O=C(O)c1cn(-c2ccc3ccccc3c2)nc1C(=O)O. The van der Waals surface area contributed by atoms with Crippen LogP contribution in [0.1, 0.15) is 20.8 Å². The van der Waals surface area contributed by atoms with Crippen molar-refractivity contribution < 1.29 is 19.8 Å². The number of carboxylic acids is 2. The molecule has 0 unspecified atom stereocenters. The Morgan fingerprint density at radius 2 is 1.67 bits per heavy atom. The van der Waals surface area contributed by atoms with Crippen molar-refractivity contribution >= 4 is 22.7 Å². The van der Waals surface area contributed by atoms with Gasteiger partial charge in [-0.3, -0.25) is 0 Å². The van der Waals surface area contributed by atoms with Crippen molar-refractivity contribution in [3.05, 3.63) is 59.9 Å². The van der Waals surface area contributed by atoms with Crippen LogP contribution in [-0.4, -0.2) is 31.9 Å². The van der Waals surface area contributed by atoms with Gasteiger partial charge >= 0.3 is 11.9 Å². The van der Waals surface area contributed by atoms with Crippen molar-refractivity contribution in [2.75, 3.05) is 0 Å². The number of carboxylic acid groups (broad SMARTS) is 2. The van der Waals surface area contributed by atoms with Crippen molar-refractivity contribution in [1.29, 1.82) is 0 Å². The maximum absolute atomic E-state index is 11.1. The molecule has 0 saturated carbocycles. The topological polar surface area (TPSA) is 92.4 Å². The molecule has 2 N–H and O–H groups in total. The molecule has 3 aromatic rings. The van der Waals surface area contributed by atoms with Crippen molar-refractivity contribution in [2.24, 2.45) is 0 Å². The number of hydrogen-bond donors (Lipinski definition) is 2. The van der Waals surface area contributed by atoms with E-state index in [2.05, 4.69) is 5.10 Å². The number of fused-ring (bicyclic) bond motifs is 1. The first-order valence-electron chi connectivity index (χ1n) is 6.11. The van der Waals surface area contributed by atoms with Gasteiger partial charge in [0.15, 0.2) is 5.69 Å². The van der Waals surface area contributed by atoms with E-state index < -0.39 is 17.6 Å². The Hall–Kier alpha value is -3.15. The number of nitrogens with zero attached hydrogens (tertiary/aromatic N) is 2. The summed E-state index contributed by atoms with van der Waals surface area (Å²) in [6.07, 6.45) is 1.20. The predicted molar refractivity (Wildman–Crippen MR) is 75.0 cm³/mol. The van der Waals surface area contributed by atoms with E-state index in [-0.39, 0.29) is 5.56 Å². The molecule has 6 heteroatoms. The zero-order chi connectivity index (χ0) is 15.0. The van der Waals surface area contributed by atoms with E-state index in [4.69, 9.17) is 10.2 Å². The molecule has 0 atom stereocenters. The van der Waals surface area contributed by atoms with Gasteiger partial charge in [0.1, 0.15) is 5.56 Å². The summed E-state index contributed by atoms with van der Waals surface area (Å²) in [6, 6.07) is 13.1. The molecule has 0 spiro atoms. The lowest BCUT2D eigenvalue weighted by atomic mass is 10.1. The Bertz CT molecular complexity index is 835. The first-order chi connectivity index (χ1) is 10.1. The van der Waals surface area contributed by atoms with Crippen LogP contribution in [0.5, 0.6) is 0 Å². The maximum Gasteiger partial charge on any atom is 0.357 e. The summed E-state index contributed by atoms with van der Waals surface area (Å²) in [7, 11) is 0. The lowest BCUT2D eigenvalue weighted by Gasteiger charge is -2.03. The van der Waals surface area contributed by atoms with Gasteiger partial charge in [0.25, 0.3) is 0 Å². The molecule has 2 aromatic carbocycles. The predicted octanol–water partition coefficient (Wildman–Crippen LogP) is 2.42. The minimum atomic E-state index is -1.37. The van der Waals surface area contributed by atoms with Crippen LogP contribution in [-0.2, 0) is 0 Å². The average molecular weight is 282 g/mol. The smallest absolute Gasteiger partial charge is 0.357 e. The molecule has 0 fully saturated rings. The normalized spacial score (nSPS) is 10.7. The summed E-state index contributed by atoms with van der Waals surface area (Å²) in [5, 5.41) is 23.9. The number of hydrogen-bond acceptors (Lipinski definition) is 3. The second kappa shape index (κ2) is 4.75. The van der Waals surface area contributed by atoms with Crippen molar-refractivity contribution in [3.63, 3.8) is 0 Å². The standard InChI is InChI=1S/C15H10N2O4/c18-14(19)12-8-17(16-13(12)15(20)21)11-6-5-9-3-1-2-4-10(9)7-11/h1-8H,(H,18,19)(H,20,21). The van der Waals surface area contributed by atoms with Gasteiger partial charge in [-0.15, -0.1) is 0 Å². The zero-order valence-corrected chi connectivity index (χ0v) is 10.7. The second-order valence-electron chi connectivity index (χ2n) is 4.48. The highest BCUT2D eigenvalue weighted by atomic mass is 16.4. The van der Waals surface area contributed by atoms with Crippen molar-refractivity contribution in [1.82, 2.24) is 9.78 Å². The minimum Gasteiger partial charge on any atom is -0.478 e. The molecule has 0 bridgehead atoms. The van der Waals surface area contributed by atoms with Gasteiger partial charge < -0.3 is 10.2 Å². The summed E-state index contributed by atoms with van der Waals surface area (Å²) < 4.78 is 1.26. The largest absolute Gasteiger partial charge is 0.478 e. The van der Waals surface area contributed by atoms with E-state index in [1.54, 1.807) is 6.07 Å². The Kier molecular flexibility index (Phi) is 2.91. The molecule has 0 radical (unpaired) electrons. The quantitative estimate of drug-likeness (QED) is 0.769. The molecular weight excluding hydrogens is 272 g/mol. The van der Waals surface area contributed by atoms with Crippen LogP contribution in [0.25, 0.3) is 16.5 Å². The minimum absolute atomic E-state index is 0.337. The molecule has 0 aliphatic carbocycles. The van der Waals surface area contributed by atoms with Crippen LogP contribution >= 0.6 is 0 Å². The van der Waals surface area contributed by atoms with E-state index in [1.165, 1.54) is 10.9 Å². The Balaban J connectivity index is 2.16. The van der Waals surface area contributed by atoms with E-state index in [0.717, 1.165) is 10.8 Å². The lowest BCUT2D eigenvalue weighted by Crippen LogP contribution is -2.06. The third-order valence-corrected chi connectivity index (χ3v) is 3.14. The summed E-state index contributed by atoms with van der Waals surface area (Å²) in [5.74, 6) is -2.69. The zero-order valence-electron chi connectivity index (χ0n) is 10.7. The molecule has 0 aliphatic heterocycles. The highest BCUT2D eigenvalue weighted by molar-refractivity contribution is 6.00. The first-order valence-corrected chi connectivity index (χ1v) is 6.11. The monoisotopic (exact) mass is 282 g/mol. The van der Waals surface area contributed by atoms with Gasteiger partial charge in [0.2, 0.25) is 0 Å². The molecule has 0 saturated heterocycles. The summed E-state index contributed by atoms with van der Waals surface area (Å²) in [4.78, 5) is 22.1. The van der Waals surface area contributed by atoms with Gasteiger partial charge in [-0.2, -0.15) is 5.10 Å². The lowest BCUT2D eigenvalue weighted by molar-refractivity contribution is 0.0648. The third kappa shape index (κ3) is 2.23. The van der Waals surface area contributed by atoms with Crippen molar-refractivity contribution in [2.45, 2.75) is 0 Å². The highest BCUT2D eigenvalue weighted by Gasteiger charge is 2.21. The number of aromatic carboxylic acids is 2. The molecule has 6 nitrogen and oxygen atoms in total. The molecule has 3 rings (SSSR count). The van der Waals surface area contributed by atoms with Gasteiger partial charge in [-0.25, -0.2) is 14.3 Å². The molecular formula is C15H10N2O4. The van der Waals surface area contributed by atoms with Crippen LogP contribution in [0.3, 0.4) is 0 Å². The molecule has 104 valence electrons. The van der Waals surface area contributed by atoms with Crippen LogP contribution in [0.2, 0.25) is 0 Å². The van der Waals surface area contributed by atoms with Crippen LogP contribution in [0, 0.1) is 0 Å². The van der Waals surface area contributed by atoms with E-state index in [1.807, 2.05) is 36.4 Å². The average Bonchev–Trinajstić information content (AvgIpc) is 2.92. The van der Waals surface area contributed by atoms with Gasteiger partial charge in [0.05, 0.1) is 5.69 Å². The summed E-state index contributed by atoms with van der Waals surface area (Å²) >= 11 is 0. The third-order valence-electron chi connectivity index (χ3n) is 3.14. The molecule has 0 aliphatic rings. The maximum atomic E-state index is 11.1. The van der Waals surface area contributed by atoms with Gasteiger partial charge in [-0.1, -0.05) is 30.3 Å². The van der Waals surface area contributed by atoms with Crippen LogP contribution in [0.15, 0.2) is 48.7 Å². The van der Waals surface area contributed by atoms with Gasteiger partial charge in [-0.05, 0) is 22.9 Å². The molecule has 0 amide bonds. The second-order valence-corrected chi connectivity index (χ2v) is 4.48. The van der Waals surface area contributed by atoms with Crippen molar-refractivity contribution in [3.8, 4) is 5.69 Å². The first kappa shape index (κ1) is 12.9. The Morgan fingerprint density at radius 1 is 0.952 bits per heavy atom. The number of aromatic nitrogens is 2. The van der Waals surface area contributed by atoms with E-state index in [9.17, 15) is 9.59 Å². The molecule has 1 heterocycles. The van der Waals surface area contributed by atoms with Crippen LogP contribution < -0.4 is 0 Å². The van der Waals surface area contributed by atoms with E-state index >= 15 is 0 Å². The van der Waals surface area contributed by atoms with Gasteiger partial charge in [0, 0.05) is 6.20 Å². The molecule has 1 aromatic heterocycles. The summed E-state index contributed by atoms with van der Waals surface area (Å²) in [6.45, 7) is 0. The van der Waals surface area contributed by atoms with Crippen LogP contribution in [0.4, 0.5) is 0 Å². The highest BCUT2D eigenvalue weighted by Crippen LogP contribution is 2.19. The molecule has 21 heavy (non-hydrogen) atoms. The summed E-state index contributed by atoms with van der Waals surface area (Å²) in [5.41, 5.74) is -0.213.